The predicted molar refractivity (Wildman–Crippen MR) is 72.6 cm³/mol. The minimum absolute atomic E-state index is 0.144. The molecule has 6 heteroatoms. The summed E-state index contributed by atoms with van der Waals surface area (Å²) in [6.07, 6.45) is 0. The number of amides is 2. The molecule has 0 aliphatic rings. The van der Waals surface area contributed by atoms with Crippen LogP contribution >= 0.6 is 0 Å². The van der Waals surface area contributed by atoms with E-state index in [0.29, 0.717) is 11.4 Å². The Balaban J connectivity index is 2.39. The second-order valence-corrected chi connectivity index (χ2v) is 4.38. The maximum absolute atomic E-state index is 11.6. The van der Waals surface area contributed by atoms with Crippen molar-refractivity contribution in [1.29, 1.82) is 0 Å². The van der Waals surface area contributed by atoms with Crippen LogP contribution in [0.5, 0.6) is 5.75 Å². The first-order valence-electron chi connectivity index (χ1n) is 5.89. The van der Waals surface area contributed by atoms with Crippen LogP contribution in [0.25, 0.3) is 0 Å². The van der Waals surface area contributed by atoms with E-state index in [9.17, 15) is 9.59 Å². The van der Waals surface area contributed by atoms with Gasteiger partial charge in [0.15, 0.2) is 6.61 Å². The maximum Gasteiger partial charge on any atom is 0.258 e. The number of nitrogen functional groups attached to an aromatic ring is 1. The number of rotatable bonds is 5. The van der Waals surface area contributed by atoms with E-state index in [1.165, 1.54) is 4.90 Å². The van der Waals surface area contributed by atoms with Gasteiger partial charge in [0.2, 0.25) is 5.91 Å². The van der Waals surface area contributed by atoms with Gasteiger partial charge in [0, 0.05) is 19.8 Å². The molecule has 0 saturated heterocycles. The standard InChI is InChI=1S/C13H19N3O3/c1-9(13(18)16(2)3)15-12(17)8-19-11-6-4-10(14)5-7-11/h4-7,9H,8,14H2,1-3H3,(H,15,17). The molecule has 19 heavy (non-hydrogen) atoms. The van der Waals surface area contributed by atoms with Crippen molar-refractivity contribution in [2.24, 2.45) is 0 Å². The summed E-state index contributed by atoms with van der Waals surface area (Å²) in [5.41, 5.74) is 6.16. The molecule has 1 atom stereocenters. The number of benzene rings is 1. The van der Waals surface area contributed by atoms with Crippen molar-refractivity contribution in [3.8, 4) is 5.75 Å². The van der Waals surface area contributed by atoms with E-state index >= 15 is 0 Å². The average Bonchev–Trinajstić information content (AvgIpc) is 2.37. The molecule has 2 amide bonds. The van der Waals surface area contributed by atoms with Gasteiger partial charge >= 0.3 is 0 Å². The molecule has 1 aromatic carbocycles. The largest absolute Gasteiger partial charge is 0.484 e. The molecule has 0 spiro atoms. The van der Waals surface area contributed by atoms with Gasteiger partial charge in [-0.25, -0.2) is 0 Å². The maximum atomic E-state index is 11.6. The fraction of sp³-hybridized carbons (Fsp3) is 0.385. The van der Waals surface area contributed by atoms with Gasteiger partial charge in [-0.05, 0) is 31.2 Å². The zero-order valence-corrected chi connectivity index (χ0v) is 11.3. The van der Waals surface area contributed by atoms with Crippen molar-refractivity contribution in [3.05, 3.63) is 24.3 Å². The fourth-order valence-corrected chi connectivity index (χ4v) is 1.45. The second-order valence-electron chi connectivity index (χ2n) is 4.38. The molecule has 1 unspecified atom stereocenters. The normalized spacial score (nSPS) is 11.5. The topological polar surface area (TPSA) is 84.7 Å². The fourth-order valence-electron chi connectivity index (χ4n) is 1.45. The first kappa shape index (κ1) is 14.8. The summed E-state index contributed by atoms with van der Waals surface area (Å²) in [7, 11) is 3.27. The number of hydrogen-bond acceptors (Lipinski definition) is 4. The Labute approximate surface area is 112 Å². The molecule has 6 nitrogen and oxygen atoms in total. The highest BCUT2D eigenvalue weighted by Crippen LogP contribution is 2.12. The molecule has 0 aliphatic heterocycles. The first-order valence-corrected chi connectivity index (χ1v) is 5.89. The van der Waals surface area contributed by atoms with Gasteiger partial charge in [0.1, 0.15) is 11.8 Å². The zero-order valence-electron chi connectivity index (χ0n) is 11.3. The summed E-state index contributed by atoms with van der Waals surface area (Å²) in [5, 5.41) is 2.56. The highest BCUT2D eigenvalue weighted by molar-refractivity contribution is 5.87. The molecule has 0 radical (unpaired) electrons. The van der Waals surface area contributed by atoms with Gasteiger partial charge in [-0.15, -0.1) is 0 Å². The summed E-state index contributed by atoms with van der Waals surface area (Å²) < 4.78 is 5.27. The molecule has 1 rings (SSSR count). The van der Waals surface area contributed by atoms with Crippen LogP contribution in [0.3, 0.4) is 0 Å². The van der Waals surface area contributed by atoms with Crippen molar-refractivity contribution in [2.45, 2.75) is 13.0 Å². The smallest absolute Gasteiger partial charge is 0.258 e. The minimum atomic E-state index is -0.572. The lowest BCUT2D eigenvalue weighted by atomic mass is 10.3. The SMILES string of the molecule is CC(NC(=O)COc1ccc(N)cc1)C(=O)N(C)C. The quantitative estimate of drug-likeness (QED) is 0.747. The van der Waals surface area contributed by atoms with Crippen molar-refractivity contribution in [3.63, 3.8) is 0 Å². The number of ether oxygens (including phenoxy) is 1. The van der Waals surface area contributed by atoms with Crippen LogP contribution < -0.4 is 15.8 Å². The summed E-state index contributed by atoms with van der Waals surface area (Å²) in [6.45, 7) is 1.48. The lowest BCUT2D eigenvalue weighted by Gasteiger charge is -2.18. The first-order chi connectivity index (χ1) is 8.90. The third-order valence-corrected chi connectivity index (χ3v) is 2.44. The number of anilines is 1. The monoisotopic (exact) mass is 265 g/mol. The van der Waals surface area contributed by atoms with Crippen molar-refractivity contribution in [2.75, 3.05) is 26.4 Å². The summed E-state index contributed by atoms with van der Waals surface area (Å²) in [4.78, 5) is 24.6. The van der Waals surface area contributed by atoms with Crippen molar-refractivity contribution < 1.29 is 14.3 Å². The second kappa shape index (κ2) is 6.63. The number of hydrogen-bond donors (Lipinski definition) is 2. The predicted octanol–water partition coefficient (Wildman–Crippen LogP) is 0.240. The summed E-state index contributed by atoms with van der Waals surface area (Å²) in [5.74, 6) is 0.0382. The van der Waals surface area contributed by atoms with E-state index in [2.05, 4.69) is 5.32 Å². The Bertz CT molecular complexity index is 443. The Morgan fingerprint density at radius 3 is 2.42 bits per heavy atom. The van der Waals surface area contributed by atoms with Crippen molar-refractivity contribution >= 4 is 17.5 Å². The highest BCUT2D eigenvalue weighted by atomic mass is 16.5. The number of nitrogens with zero attached hydrogens (tertiary/aromatic N) is 1. The Morgan fingerprint density at radius 1 is 1.32 bits per heavy atom. The molecule has 0 bridgehead atoms. The Hall–Kier alpha value is -2.24. The van der Waals surface area contributed by atoms with Gasteiger partial charge in [-0.1, -0.05) is 0 Å². The van der Waals surface area contributed by atoms with E-state index in [1.807, 2.05) is 0 Å². The van der Waals surface area contributed by atoms with Crippen LogP contribution in [0.4, 0.5) is 5.69 Å². The third-order valence-electron chi connectivity index (χ3n) is 2.44. The molecule has 3 N–H and O–H groups in total. The van der Waals surface area contributed by atoms with Crippen LogP contribution in [0.2, 0.25) is 0 Å². The highest BCUT2D eigenvalue weighted by Gasteiger charge is 2.17. The molecule has 0 aliphatic carbocycles. The lowest BCUT2D eigenvalue weighted by Crippen LogP contribution is -2.45. The molecule has 1 aromatic rings. The van der Waals surface area contributed by atoms with E-state index in [-0.39, 0.29) is 18.4 Å². The number of carbonyl (C=O) groups is 2. The molecular weight excluding hydrogens is 246 g/mol. The van der Waals surface area contributed by atoms with Gasteiger partial charge in [0.05, 0.1) is 0 Å². The molecule has 0 aromatic heterocycles. The molecule has 0 fully saturated rings. The molecule has 0 heterocycles. The van der Waals surface area contributed by atoms with Crippen LogP contribution in [-0.2, 0) is 9.59 Å². The average molecular weight is 265 g/mol. The van der Waals surface area contributed by atoms with E-state index < -0.39 is 6.04 Å². The molecule has 104 valence electrons. The van der Waals surface area contributed by atoms with E-state index in [1.54, 1.807) is 45.3 Å². The molecule has 0 saturated carbocycles. The number of nitrogens with one attached hydrogen (secondary N) is 1. The van der Waals surface area contributed by atoms with Crippen LogP contribution in [-0.4, -0.2) is 43.5 Å². The van der Waals surface area contributed by atoms with Gasteiger partial charge in [-0.3, -0.25) is 9.59 Å². The summed E-state index contributed by atoms with van der Waals surface area (Å²) in [6, 6.07) is 6.16. The number of carbonyl (C=O) groups excluding carboxylic acids is 2. The minimum Gasteiger partial charge on any atom is -0.484 e. The van der Waals surface area contributed by atoms with Gasteiger partial charge in [0.25, 0.3) is 5.91 Å². The van der Waals surface area contributed by atoms with E-state index in [4.69, 9.17) is 10.5 Å². The van der Waals surface area contributed by atoms with Gasteiger partial charge in [-0.2, -0.15) is 0 Å². The van der Waals surface area contributed by atoms with Gasteiger partial charge < -0.3 is 20.7 Å². The van der Waals surface area contributed by atoms with Crippen LogP contribution in [0.15, 0.2) is 24.3 Å². The van der Waals surface area contributed by atoms with E-state index in [0.717, 1.165) is 0 Å². The zero-order chi connectivity index (χ0) is 14.4. The number of nitrogens with two attached hydrogens (primary N) is 1. The third kappa shape index (κ3) is 4.87. The lowest BCUT2D eigenvalue weighted by molar-refractivity contribution is -0.134. The van der Waals surface area contributed by atoms with Crippen molar-refractivity contribution in [1.82, 2.24) is 10.2 Å². The number of likely N-dealkylation sites (N-methyl/N-ethyl adjacent to an activating group) is 1. The Kier molecular flexibility index (Phi) is 5.17. The Morgan fingerprint density at radius 2 is 1.89 bits per heavy atom. The molecular formula is C13H19N3O3. The summed E-state index contributed by atoms with van der Waals surface area (Å²) >= 11 is 0. The van der Waals surface area contributed by atoms with Crippen LogP contribution in [0, 0.1) is 0 Å². The van der Waals surface area contributed by atoms with Crippen LogP contribution in [0.1, 0.15) is 6.92 Å².